The normalized spacial score (nSPS) is 22.1. The number of nitro groups is 1. The van der Waals surface area contributed by atoms with Gasteiger partial charge in [-0.15, -0.1) is 0 Å². The Labute approximate surface area is 287 Å². The highest BCUT2D eigenvalue weighted by atomic mass is 16.6. The van der Waals surface area contributed by atoms with Crippen molar-refractivity contribution in [3.63, 3.8) is 0 Å². The molecule has 0 saturated carbocycles. The quantitative estimate of drug-likeness (QED) is 0.133. The molecule has 3 atom stereocenters. The topological polar surface area (TPSA) is 140 Å². The van der Waals surface area contributed by atoms with Crippen LogP contribution in [-0.2, 0) is 19.7 Å². The van der Waals surface area contributed by atoms with Gasteiger partial charge in [-0.05, 0) is 100 Å². The number of carboxylic acids is 1. The first-order chi connectivity index (χ1) is 23.5. The molecular formula is C38H45N3O8. The second kappa shape index (κ2) is 14.7. The Hall–Kier alpha value is -4.90. The summed E-state index contributed by atoms with van der Waals surface area (Å²) in [6.07, 6.45) is 2.49. The van der Waals surface area contributed by atoms with E-state index in [0.29, 0.717) is 24.2 Å². The van der Waals surface area contributed by atoms with E-state index in [1.54, 1.807) is 34.1 Å². The molecule has 1 fully saturated rings. The third-order valence-corrected chi connectivity index (χ3v) is 10.7. The first-order valence-corrected chi connectivity index (χ1v) is 16.6. The van der Waals surface area contributed by atoms with Crippen LogP contribution in [0.1, 0.15) is 62.1 Å². The van der Waals surface area contributed by atoms with Gasteiger partial charge in [-0.3, -0.25) is 14.9 Å². The number of ether oxygens (including phenoxy) is 3. The van der Waals surface area contributed by atoms with Crippen molar-refractivity contribution in [3.8, 4) is 11.5 Å². The Kier molecular flexibility index (Phi) is 10.6. The average molecular weight is 672 g/mol. The van der Waals surface area contributed by atoms with Gasteiger partial charge in [0, 0.05) is 35.2 Å². The fraction of sp³-hybridized carbons (Fsp3) is 0.421. The van der Waals surface area contributed by atoms with Crippen molar-refractivity contribution in [1.82, 2.24) is 10.2 Å². The number of allylic oxidation sites excluding steroid dienone is 1. The number of benzene rings is 3. The maximum atomic E-state index is 13.4. The van der Waals surface area contributed by atoms with Crippen LogP contribution in [0.4, 0.5) is 5.69 Å². The van der Waals surface area contributed by atoms with E-state index in [0.717, 1.165) is 37.4 Å². The number of hydrogen-bond acceptors (Lipinski definition) is 9. The summed E-state index contributed by atoms with van der Waals surface area (Å²) in [5, 5.41) is 25.9. The molecule has 2 aliphatic rings. The number of nitrogens with one attached hydrogen (secondary N) is 1. The molecule has 0 aliphatic carbocycles. The van der Waals surface area contributed by atoms with Crippen LogP contribution in [0.25, 0.3) is 0 Å². The Bertz CT molecular complexity index is 1650. The van der Waals surface area contributed by atoms with Gasteiger partial charge in [-0.2, -0.15) is 0 Å². The zero-order valence-electron chi connectivity index (χ0n) is 28.7. The molecule has 0 spiro atoms. The Morgan fingerprint density at radius 1 is 0.959 bits per heavy atom. The van der Waals surface area contributed by atoms with E-state index in [1.807, 2.05) is 24.3 Å². The van der Waals surface area contributed by atoms with Gasteiger partial charge >= 0.3 is 11.9 Å². The summed E-state index contributed by atoms with van der Waals surface area (Å²) in [5.41, 5.74) is 1.61. The third-order valence-electron chi connectivity index (χ3n) is 10.7. The number of hydrogen-bond donors (Lipinski definition) is 2. The summed E-state index contributed by atoms with van der Waals surface area (Å²) in [5.74, 6) is -1.10. The summed E-state index contributed by atoms with van der Waals surface area (Å²) in [7, 11) is 4.57. The van der Waals surface area contributed by atoms with Crippen molar-refractivity contribution in [1.29, 1.82) is 0 Å². The monoisotopic (exact) mass is 671 g/mol. The van der Waals surface area contributed by atoms with E-state index in [1.165, 1.54) is 36.4 Å². The predicted molar refractivity (Wildman–Crippen MR) is 185 cm³/mol. The van der Waals surface area contributed by atoms with Crippen LogP contribution in [-0.4, -0.2) is 73.9 Å². The zero-order chi connectivity index (χ0) is 35.3. The second-order valence-corrected chi connectivity index (χ2v) is 13.0. The van der Waals surface area contributed by atoms with Gasteiger partial charge in [0.05, 0.1) is 37.2 Å². The molecule has 3 unspecified atom stereocenters. The SMILES string of the molecule is COC(=O)C1=C(C)NC(C)C(CCCN2CCC(c3ccc(OC)cc3)(c3ccc(OC)cc3)CC2)(C(=O)O)C1c1cccc([N+](=O)[O-])c1. The van der Waals surface area contributed by atoms with Crippen molar-refractivity contribution >= 4 is 17.6 Å². The lowest BCUT2D eigenvalue weighted by Gasteiger charge is -2.47. The summed E-state index contributed by atoms with van der Waals surface area (Å²) in [6, 6.07) is 21.9. The molecule has 0 radical (unpaired) electrons. The molecule has 0 aromatic heterocycles. The van der Waals surface area contributed by atoms with E-state index in [4.69, 9.17) is 14.2 Å². The zero-order valence-corrected chi connectivity index (χ0v) is 28.7. The van der Waals surface area contributed by atoms with Crippen molar-refractivity contribution in [3.05, 3.63) is 111 Å². The van der Waals surface area contributed by atoms with Crippen LogP contribution in [0.2, 0.25) is 0 Å². The van der Waals surface area contributed by atoms with E-state index in [9.17, 15) is 24.8 Å². The van der Waals surface area contributed by atoms with E-state index in [-0.39, 0.29) is 23.1 Å². The molecule has 0 bridgehead atoms. The number of carbonyl (C=O) groups is 2. The van der Waals surface area contributed by atoms with Crippen LogP contribution in [0, 0.1) is 15.5 Å². The minimum Gasteiger partial charge on any atom is -0.497 e. The molecule has 260 valence electrons. The lowest BCUT2D eigenvalue weighted by molar-refractivity contribution is -0.384. The fourth-order valence-corrected chi connectivity index (χ4v) is 8.01. The molecule has 3 aromatic rings. The molecule has 1 saturated heterocycles. The molecule has 5 rings (SSSR count). The highest BCUT2D eigenvalue weighted by Crippen LogP contribution is 2.52. The number of methoxy groups -OCH3 is 3. The second-order valence-electron chi connectivity index (χ2n) is 13.0. The minimum absolute atomic E-state index is 0.171. The molecule has 11 heteroatoms. The van der Waals surface area contributed by atoms with Crippen molar-refractivity contribution in [2.75, 3.05) is 41.0 Å². The molecule has 2 N–H and O–H groups in total. The maximum Gasteiger partial charge on any atom is 0.336 e. The highest BCUT2D eigenvalue weighted by molar-refractivity contribution is 5.94. The number of carbonyl (C=O) groups excluding carboxylic acids is 1. The molecule has 11 nitrogen and oxygen atoms in total. The number of piperidine rings is 1. The van der Waals surface area contributed by atoms with Crippen LogP contribution in [0.3, 0.4) is 0 Å². The number of esters is 1. The Morgan fingerprint density at radius 3 is 2.02 bits per heavy atom. The van der Waals surface area contributed by atoms with Gasteiger partial charge in [0.25, 0.3) is 5.69 Å². The fourth-order valence-electron chi connectivity index (χ4n) is 8.01. The van der Waals surface area contributed by atoms with Crippen LogP contribution < -0.4 is 14.8 Å². The summed E-state index contributed by atoms with van der Waals surface area (Å²) in [4.78, 5) is 40.2. The number of non-ortho nitro benzene ring substituents is 1. The van der Waals surface area contributed by atoms with Crippen LogP contribution >= 0.6 is 0 Å². The van der Waals surface area contributed by atoms with Crippen molar-refractivity contribution in [2.24, 2.45) is 5.41 Å². The van der Waals surface area contributed by atoms with E-state index < -0.39 is 34.2 Å². The Morgan fingerprint density at radius 2 is 1.53 bits per heavy atom. The van der Waals surface area contributed by atoms with Gasteiger partial charge in [0.2, 0.25) is 0 Å². The number of aliphatic carboxylic acids is 1. The molecule has 3 aromatic carbocycles. The number of nitro benzene ring substituents is 1. The lowest BCUT2D eigenvalue weighted by Crippen LogP contribution is -2.56. The summed E-state index contributed by atoms with van der Waals surface area (Å²) in [6.45, 7) is 5.76. The van der Waals surface area contributed by atoms with Gasteiger partial charge in [-0.25, -0.2) is 4.79 Å². The number of rotatable bonds is 12. The molecule has 2 heterocycles. The number of carboxylic acid groups (broad SMARTS) is 1. The predicted octanol–water partition coefficient (Wildman–Crippen LogP) is 6.07. The van der Waals surface area contributed by atoms with Gasteiger partial charge in [0.15, 0.2) is 0 Å². The Balaban J connectivity index is 1.41. The lowest BCUT2D eigenvalue weighted by atomic mass is 9.60. The standard InChI is InChI=1S/C38H45N3O8/c1-25-33(35(42)49-5)34(27-8-6-9-30(24-27)41(45)46)38(36(43)44,26(2)39-25)18-7-21-40-22-19-37(20-23-40,28-10-14-31(47-3)15-11-28)29-12-16-32(48-4)17-13-29/h6,8-17,24,26,34,39H,7,18-23H2,1-5H3,(H,43,44). The largest absolute Gasteiger partial charge is 0.497 e. The molecular weight excluding hydrogens is 626 g/mol. The van der Waals surface area contributed by atoms with Gasteiger partial charge < -0.3 is 29.5 Å². The van der Waals surface area contributed by atoms with E-state index >= 15 is 0 Å². The van der Waals surface area contributed by atoms with Crippen molar-refractivity contribution < 1.29 is 33.8 Å². The molecule has 2 aliphatic heterocycles. The van der Waals surface area contributed by atoms with Crippen LogP contribution in [0.15, 0.2) is 84.1 Å². The smallest absolute Gasteiger partial charge is 0.336 e. The molecule has 0 amide bonds. The summed E-state index contributed by atoms with van der Waals surface area (Å²) < 4.78 is 16.0. The first kappa shape index (κ1) is 35.4. The average Bonchev–Trinajstić information content (AvgIpc) is 3.12. The molecule has 49 heavy (non-hydrogen) atoms. The van der Waals surface area contributed by atoms with Crippen LogP contribution in [0.5, 0.6) is 11.5 Å². The first-order valence-electron chi connectivity index (χ1n) is 16.6. The van der Waals surface area contributed by atoms with Gasteiger partial charge in [-0.1, -0.05) is 36.4 Å². The third kappa shape index (κ3) is 6.72. The van der Waals surface area contributed by atoms with E-state index in [2.05, 4.69) is 34.5 Å². The maximum absolute atomic E-state index is 13.4. The number of likely N-dealkylation sites (tertiary alicyclic amines) is 1. The van der Waals surface area contributed by atoms with Gasteiger partial charge in [0.1, 0.15) is 11.5 Å². The van der Waals surface area contributed by atoms with Crippen molar-refractivity contribution in [2.45, 2.75) is 56.9 Å². The highest BCUT2D eigenvalue weighted by Gasteiger charge is 2.56. The minimum atomic E-state index is -1.48. The number of nitrogens with zero attached hydrogens (tertiary/aromatic N) is 2. The summed E-state index contributed by atoms with van der Waals surface area (Å²) >= 11 is 0.